The van der Waals surface area contributed by atoms with E-state index in [0.29, 0.717) is 11.1 Å². The number of halogens is 1. The molecule has 1 aliphatic rings. The minimum Gasteiger partial charge on any atom is -0.490 e. The van der Waals surface area contributed by atoms with Crippen LogP contribution in [0.5, 0.6) is 5.75 Å². The van der Waals surface area contributed by atoms with E-state index in [4.69, 9.17) is 15.9 Å². The minimum atomic E-state index is -0.296. The Hall–Kier alpha value is -3.14. The third-order valence-electron chi connectivity index (χ3n) is 5.18. The molecule has 0 bridgehead atoms. The molecule has 4 heteroatoms. The van der Waals surface area contributed by atoms with Crippen LogP contribution >= 0.6 is 0 Å². The van der Waals surface area contributed by atoms with Crippen molar-refractivity contribution in [1.29, 1.82) is 5.41 Å². The molecule has 0 amide bonds. The van der Waals surface area contributed by atoms with Crippen LogP contribution < -0.4 is 10.5 Å². The smallest absolute Gasteiger partial charge is 0.131 e. The number of hydrogen-bond donors (Lipinski definition) is 2. The van der Waals surface area contributed by atoms with Crippen molar-refractivity contribution in [3.8, 4) is 5.75 Å². The van der Waals surface area contributed by atoms with Gasteiger partial charge in [0.25, 0.3) is 0 Å². The van der Waals surface area contributed by atoms with Gasteiger partial charge in [-0.05, 0) is 72.4 Å². The molecule has 0 atom stereocenters. The second-order valence-corrected chi connectivity index (χ2v) is 7.28. The van der Waals surface area contributed by atoms with Gasteiger partial charge in [-0.1, -0.05) is 36.4 Å². The molecule has 0 aromatic heterocycles. The molecule has 142 valence electrons. The summed E-state index contributed by atoms with van der Waals surface area (Å²) >= 11 is 0. The zero-order chi connectivity index (χ0) is 19.5. The predicted octanol–water partition coefficient (Wildman–Crippen LogP) is 5.91. The van der Waals surface area contributed by atoms with Gasteiger partial charge in [0.15, 0.2) is 0 Å². The first-order valence-corrected chi connectivity index (χ1v) is 9.61. The van der Waals surface area contributed by atoms with Gasteiger partial charge in [0.05, 0.1) is 6.10 Å². The van der Waals surface area contributed by atoms with E-state index < -0.39 is 0 Å². The van der Waals surface area contributed by atoms with Crippen LogP contribution in [0, 0.1) is 5.41 Å². The molecule has 28 heavy (non-hydrogen) atoms. The summed E-state index contributed by atoms with van der Waals surface area (Å²) < 4.78 is 20.9. The maximum absolute atomic E-state index is 14.9. The molecule has 4 rings (SSSR count). The second-order valence-electron chi connectivity index (χ2n) is 7.28. The molecule has 0 aliphatic heterocycles. The number of nitrogen functional groups attached to an aromatic ring is 1. The van der Waals surface area contributed by atoms with E-state index in [0.717, 1.165) is 34.9 Å². The largest absolute Gasteiger partial charge is 0.490 e. The summed E-state index contributed by atoms with van der Waals surface area (Å²) in [7, 11) is 0. The van der Waals surface area contributed by atoms with Crippen molar-refractivity contribution in [3.63, 3.8) is 0 Å². The zero-order valence-electron chi connectivity index (χ0n) is 15.6. The van der Waals surface area contributed by atoms with E-state index in [1.165, 1.54) is 18.9 Å². The fraction of sp³-hybridized carbons (Fsp3) is 0.208. The summed E-state index contributed by atoms with van der Waals surface area (Å²) in [6, 6.07) is 18.5. The summed E-state index contributed by atoms with van der Waals surface area (Å²) in [6.45, 7) is 0. The number of ether oxygens (including phenoxy) is 1. The van der Waals surface area contributed by atoms with E-state index >= 15 is 0 Å². The van der Waals surface area contributed by atoms with E-state index in [9.17, 15) is 4.39 Å². The van der Waals surface area contributed by atoms with Crippen molar-refractivity contribution in [2.24, 2.45) is 5.73 Å². The van der Waals surface area contributed by atoms with Gasteiger partial charge in [-0.15, -0.1) is 0 Å². The van der Waals surface area contributed by atoms with Gasteiger partial charge < -0.3 is 10.5 Å². The van der Waals surface area contributed by atoms with Crippen molar-refractivity contribution >= 4 is 28.5 Å². The van der Waals surface area contributed by atoms with Gasteiger partial charge in [0.2, 0.25) is 0 Å². The molecule has 1 fully saturated rings. The average Bonchev–Trinajstić information content (AvgIpc) is 3.20. The first kappa shape index (κ1) is 18.2. The van der Waals surface area contributed by atoms with Crippen LogP contribution in [0.1, 0.15) is 42.4 Å². The highest BCUT2D eigenvalue weighted by molar-refractivity contribution is 5.99. The topological polar surface area (TPSA) is 59.1 Å². The molecule has 0 heterocycles. The molecular formula is C24H23FN2O. The van der Waals surface area contributed by atoms with Gasteiger partial charge in [-0.25, -0.2) is 4.39 Å². The monoisotopic (exact) mass is 374 g/mol. The van der Waals surface area contributed by atoms with Crippen molar-refractivity contribution in [1.82, 2.24) is 0 Å². The third kappa shape index (κ3) is 4.06. The lowest BCUT2D eigenvalue weighted by atomic mass is 10.0. The average molecular weight is 374 g/mol. The maximum Gasteiger partial charge on any atom is 0.131 e. The van der Waals surface area contributed by atoms with Crippen molar-refractivity contribution < 1.29 is 9.13 Å². The maximum atomic E-state index is 14.9. The van der Waals surface area contributed by atoms with Crippen LogP contribution in [0.2, 0.25) is 0 Å². The van der Waals surface area contributed by atoms with Crippen molar-refractivity contribution in [2.45, 2.75) is 31.8 Å². The molecule has 0 radical (unpaired) electrons. The van der Waals surface area contributed by atoms with Crippen molar-refractivity contribution in [2.75, 3.05) is 0 Å². The highest BCUT2D eigenvalue weighted by atomic mass is 19.1. The van der Waals surface area contributed by atoms with Crippen LogP contribution in [-0.4, -0.2) is 11.9 Å². The number of hydrogen-bond acceptors (Lipinski definition) is 2. The van der Waals surface area contributed by atoms with E-state index in [-0.39, 0.29) is 17.8 Å². The lowest BCUT2D eigenvalue weighted by Gasteiger charge is -2.13. The van der Waals surface area contributed by atoms with Crippen LogP contribution in [-0.2, 0) is 0 Å². The van der Waals surface area contributed by atoms with Crippen molar-refractivity contribution in [3.05, 3.63) is 77.4 Å². The molecule has 3 N–H and O–H groups in total. The van der Waals surface area contributed by atoms with Crippen LogP contribution in [0.4, 0.5) is 4.39 Å². The van der Waals surface area contributed by atoms with Crippen LogP contribution in [0.3, 0.4) is 0 Å². The van der Waals surface area contributed by atoms with Gasteiger partial charge in [-0.3, -0.25) is 5.41 Å². The first-order chi connectivity index (χ1) is 13.6. The number of benzene rings is 3. The second kappa shape index (κ2) is 7.85. The Balaban J connectivity index is 1.57. The highest BCUT2D eigenvalue weighted by Gasteiger charge is 2.16. The summed E-state index contributed by atoms with van der Waals surface area (Å²) in [5.41, 5.74) is 7.50. The number of rotatable bonds is 5. The van der Waals surface area contributed by atoms with E-state index in [1.54, 1.807) is 12.1 Å². The molecule has 3 aromatic rings. The minimum absolute atomic E-state index is 0.0248. The first-order valence-electron chi connectivity index (χ1n) is 9.61. The third-order valence-corrected chi connectivity index (χ3v) is 5.18. The zero-order valence-corrected chi connectivity index (χ0v) is 15.6. The molecular weight excluding hydrogens is 351 g/mol. The Bertz CT molecular complexity index is 1050. The fourth-order valence-electron chi connectivity index (χ4n) is 3.67. The molecule has 0 unspecified atom stereocenters. The molecule has 0 spiro atoms. The summed E-state index contributed by atoms with van der Waals surface area (Å²) in [5, 5.41) is 9.37. The van der Waals surface area contributed by atoms with E-state index in [2.05, 4.69) is 0 Å². The van der Waals surface area contributed by atoms with E-state index in [1.807, 2.05) is 48.5 Å². The summed E-state index contributed by atoms with van der Waals surface area (Å²) in [4.78, 5) is 0. The summed E-state index contributed by atoms with van der Waals surface area (Å²) in [6.07, 6.45) is 6.44. The predicted molar refractivity (Wildman–Crippen MR) is 113 cm³/mol. The quantitative estimate of drug-likeness (QED) is 0.331. The lowest BCUT2D eigenvalue weighted by molar-refractivity contribution is 0.210. The Morgan fingerprint density at radius 2 is 1.64 bits per heavy atom. The molecule has 0 saturated heterocycles. The number of nitrogens with one attached hydrogen (secondary N) is 1. The Morgan fingerprint density at radius 1 is 0.964 bits per heavy atom. The van der Waals surface area contributed by atoms with Gasteiger partial charge in [-0.2, -0.15) is 0 Å². The SMILES string of the molecule is N=C(N)c1ccc2cc(/C(F)=C/c3cccc(OC4CCCC4)c3)ccc2c1. The number of fused-ring (bicyclic) bond motifs is 1. The fourth-order valence-corrected chi connectivity index (χ4v) is 3.67. The van der Waals surface area contributed by atoms with Crippen LogP contribution in [0.15, 0.2) is 60.7 Å². The Labute approximate surface area is 164 Å². The Morgan fingerprint density at radius 3 is 2.36 bits per heavy atom. The van der Waals surface area contributed by atoms with Crippen LogP contribution in [0.25, 0.3) is 22.7 Å². The summed E-state index contributed by atoms with van der Waals surface area (Å²) in [5.74, 6) is 0.524. The lowest BCUT2D eigenvalue weighted by Crippen LogP contribution is -2.10. The van der Waals surface area contributed by atoms with Gasteiger partial charge in [0, 0.05) is 11.1 Å². The molecule has 3 nitrogen and oxygen atoms in total. The Kier molecular flexibility index (Phi) is 5.11. The molecule has 1 saturated carbocycles. The highest BCUT2D eigenvalue weighted by Crippen LogP contribution is 2.28. The van der Waals surface area contributed by atoms with Gasteiger partial charge >= 0.3 is 0 Å². The number of amidine groups is 1. The molecule has 1 aliphatic carbocycles. The molecule has 3 aromatic carbocycles. The number of nitrogens with two attached hydrogens (primary N) is 1. The standard InChI is InChI=1S/C24H23FN2O/c25-23(13-16-4-3-7-22(12-16)28-21-5-1-2-6-21)19-10-8-18-15-20(24(26)27)11-9-17(18)14-19/h3-4,7-15,21H,1-2,5-6H2,(H3,26,27)/b23-13-. The van der Waals surface area contributed by atoms with Gasteiger partial charge in [0.1, 0.15) is 17.4 Å². The normalized spacial score (nSPS) is 15.1.